The van der Waals surface area contributed by atoms with Gasteiger partial charge in [-0.05, 0) is 26.0 Å². The summed E-state index contributed by atoms with van der Waals surface area (Å²) in [4.78, 5) is 20.5. The van der Waals surface area contributed by atoms with E-state index in [0.29, 0.717) is 5.89 Å². The van der Waals surface area contributed by atoms with E-state index in [1.807, 2.05) is 44.2 Å². The number of nitrogens with one attached hydrogen (secondary N) is 1. The minimum absolute atomic E-state index is 0.202. The standard InChI is InChI=1S/C18H17N3O2/c1-12-13(2)23-17(21-12)11-20-16(22)9-8-15-6-3-5-14-7-4-10-19-18(14)15/h3-10H,11H2,1-2H3,(H,20,22)/b9-8+. The van der Waals surface area contributed by atoms with Crippen LogP contribution in [0.2, 0.25) is 0 Å². The molecule has 0 aliphatic rings. The topological polar surface area (TPSA) is 68.0 Å². The van der Waals surface area contributed by atoms with Gasteiger partial charge in [-0.2, -0.15) is 0 Å². The lowest BCUT2D eigenvalue weighted by atomic mass is 10.1. The van der Waals surface area contributed by atoms with Crippen LogP contribution in [-0.4, -0.2) is 15.9 Å². The average molecular weight is 307 g/mol. The molecule has 0 bridgehead atoms. The van der Waals surface area contributed by atoms with Crippen molar-refractivity contribution in [1.29, 1.82) is 0 Å². The number of aryl methyl sites for hydroxylation is 2. The van der Waals surface area contributed by atoms with Crippen LogP contribution in [0.15, 0.2) is 47.0 Å². The molecule has 2 heterocycles. The van der Waals surface area contributed by atoms with Gasteiger partial charge < -0.3 is 9.73 Å². The van der Waals surface area contributed by atoms with E-state index in [9.17, 15) is 4.79 Å². The molecule has 3 rings (SSSR count). The van der Waals surface area contributed by atoms with Crippen LogP contribution in [0.4, 0.5) is 0 Å². The summed E-state index contributed by atoms with van der Waals surface area (Å²) in [6, 6.07) is 9.75. The van der Waals surface area contributed by atoms with E-state index in [0.717, 1.165) is 27.9 Å². The van der Waals surface area contributed by atoms with E-state index >= 15 is 0 Å². The SMILES string of the molecule is Cc1nc(CNC(=O)/C=C/c2cccc3cccnc23)oc1C. The number of hydrogen-bond donors (Lipinski definition) is 1. The van der Waals surface area contributed by atoms with Crippen LogP contribution in [-0.2, 0) is 11.3 Å². The van der Waals surface area contributed by atoms with Crippen LogP contribution in [0.3, 0.4) is 0 Å². The van der Waals surface area contributed by atoms with Crippen molar-refractivity contribution < 1.29 is 9.21 Å². The van der Waals surface area contributed by atoms with Crippen LogP contribution in [0.25, 0.3) is 17.0 Å². The molecule has 116 valence electrons. The molecule has 0 radical (unpaired) electrons. The van der Waals surface area contributed by atoms with E-state index in [1.165, 1.54) is 6.08 Å². The minimum atomic E-state index is -0.202. The highest BCUT2D eigenvalue weighted by Crippen LogP contribution is 2.17. The molecular formula is C18H17N3O2. The fourth-order valence-electron chi connectivity index (χ4n) is 2.26. The number of fused-ring (bicyclic) bond motifs is 1. The van der Waals surface area contributed by atoms with E-state index in [4.69, 9.17) is 4.42 Å². The van der Waals surface area contributed by atoms with Gasteiger partial charge in [-0.15, -0.1) is 0 Å². The lowest BCUT2D eigenvalue weighted by Gasteiger charge is -2.01. The van der Waals surface area contributed by atoms with Crippen LogP contribution >= 0.6 is 0 Å². The lowest BCUT2D eigenvalue weighted by Crippen LogP contribution is -2.20. The van der Waals surface area contributed by atoms with Crippen molar-refractivity contribution in [2.24, 2.45) is 0 Å². The fraction of sp³-hybridized carbons (Fsp3) is 0.167. The molecule has 0 aliphatic heterocycles. The third-order valence-corrected chi connectivity index (χ3v) is 3.56. The Hall–Kier alpha value is -2.95. The smallest absolute Gasteiger partial charge is 0.244 e. The molecule has 0 unspecified atom stereocenters. The third-order valence-electron chi connectivity index (χ3n) is 3.56. The molecule has 0 saturated carbocycles. The van der Waals surface area contributed by atoms with Crippen molar-refractivity contribution in [3.05, 3.63) is 65.5 Å². The highest BCUT2D eigenvalue weighted by molar-refractivity contribution is 5.95. The molecule has 0 saturated heterocycles. The number of carbonyl (C=O) groups is 1. The average Bonchev–Trinajstić information content (AvgIpc) is 2.89. The van der Waals surface area contributed by atoms with E-state index in [-0.39, 0.29) is 12.5 Å². The van der Waals surface area contributed by atoms with Crippen LogP contribution in [0, 0.1) is 13.8 Å². The first-order chi connectivity index (χ1) is 11.1. The number of hydrogen-bond acceptors (Lipinski definition) is 4. The second-order valence-corrected chi connectivity index (χ2v) is 5.22. The van der Waals surface area contributed by atoms with Gasteiger partial charge >= 0.3 is 0 Å². The highest BCUT2D eigenvalue weighted by atomic mass is 16.4. The number of rotatable bonds is 4. The molecule has 5 heteroatoms. The van der Waals surface area contributed by atoms with Crippen molar-refractivity contribution >= 4 is 22.9 Å². The summed E-state index contributed by atoms with van der Waals surface area (Å²) in [5.41, 5.74) is 2.62. The zero-order valence-electron chi connectivity index (χ0n) is 13.0. The fourth-order valence-corrected chi connectivity index (χ4v) is 2.26. The van der Waals surface area contributed by atoms with Gasteiger partial charge in [-0.25, -0.2) is 4.98 Å². The van der Waals surface area contributed by atoms with E-state index < -0.39 is 0 Å². The van der Waals surface area contributed by atoms with Gasteiger partial charge in [0.1, 0.15) is 5.76 Å². The summed E-state index contributed by atoms with van der Waals surface area (Å²) in [5.74, 6) is 1.08. The number of oxazole rings is 1. The number of para-hydroxylation sites is 1. The summed E-state index contributed by atoms with van der Waals surface area (Å²) >= 11 is 0. The predicted octanol–water partition coefficient (Wildman–Crippen LogP) is 3.17. The van der Waals surface area contributed by atoms with E-state index in [2.05, 4.69) is 15.3 Å². The van der Waals surface area contributed by atoms with Crippen molar-refractivity contribution in [3.8, 4) is 0 Å². The van der Waals surface area contributed by atoms with E-state index in [1.54, 1.807) is 12.3 Å². The number of amides is 1. The molecule has 5 nitrogen and oxygen atoms in total. The molecule has 23 heavy (non-hydrogen) atoms. The Labute approximate surface area is 134 Å². The molecule has 1 N–H and O–H groups in total. The van der Waals surface area contributed by atoms with Gasteiger partial charge in [0.15, 0.2) is 0 Å². The summed E-state index contributed by atoms with van der Waals surface area (Å²) in [7, 11) is 0. The molecule has 0 fully saturated rings. The number of carbonyl (C=O) groups excluding carboxylic acids is 1. The predicted molar refractivity (Wildman–Crippen MR) is 88.6 cm³/mol. The van der Waals surface area contributed by atoms with Crippen molar-refractivity contribution in [2.75, 3.05) is 0 Å². The van der Waals surface area contributed by atoms with Gasteiger partial charge in [0.2, 0.25) is 11.8 Å². The number of benzene rings is 1. The first-order valence-electron chi connectivity index (χ1n) is 7.36. The summed E-state index contributed by atoms with van der Waals surface area (Å²) in [6.45, 7) is 3.99. The second kappa shape index (κ2) is 6.44. The quantitative estimate of drug-likeness (QED) is 0.752. The number of nitrogens with zero attached hydrogens (tertiary/aromatic N) is 2. The first kappa shape index (κ1) is 15.0. The second-order valence-electron chi connectivity index (χ2n) is 5.22. The summed E-state index contributed by atoms with van der Waals surface area (Å²) in [5, 5.41) is 3.80. The zero-order valence-corrected chi connectivity index (χ0v) is 13.0. The first-order valence-corrected chi connectivity index (χ1v) is 7.36. The Morgan fingerprint density at radius 3 is 2.87 bits per heavy atom. The molecule has 0 atom stereocenters. The molecule has 1 aromatic carbocycles. The summed E-state index contributed by atoms with van der Waals surface area (Å²) < 4.78 is 5.43. The maximum Gasteiger partial charge on any atom is 0.244 e. The van der Waals surface area contributed by atoms with Crippen molar-refractivity contribution in [1.82, 2.24) is 15.3 Å². The van der Waals surface area contributed by atoms with Gasteiger partial charge in [-0.3, -0.25) is 9.78 Å². The molecule has 2 aromatic heterocycles. The largest absolute Gasteiger partial charge is 0.444 e. The summed E-state index contributed by atoms with van der Waals surface area (Å²) in [6.07, 6.45) is 5.00. The van der Waals surface area contributed by atoms with Crippen LogP contribution in [0.1, 0.15) is 22.9 Å². The Morgan fingerprint density at radius 1 is 1.26 bits per heavy atom. The zero-order chi connectivity index (χ0) is 16.2. The monoisotopic (exact) mass is 307 g/mol. The Bertz CT molecular complexity index is 856. The van der Waals surface area contributed by atoms with Crippen molar-refractivity contribution in [2.45, 2.75) is 20.4 Å². The minimum Gasteiger partial charge on any atom is -0.444 e. The van der Waals surface area contributed by atoms with Gasteiger partial charge in [0.25, 0.3) is 0 Å². The van der Waals surface area contributed by atoms with Gasteiger partial charge in [0.05, 0.1) is 17.8 Å². The molecule has 1 amide bonds. The lowest BCUT2D eigenvalue weighted by molar-refractivity contribution is -0.116. The molecule has 0 aliphatic carbocycles. The number of pyridine rings is 1. The van der Waals surface area contributed by atoms with Crippen LogP contribution < -0.4 is 5.32 Å². The normalized spacial score (nSPS) is 11.2. The Morgan fingerprint density at radius 2 is 2.09 bits per heavy atom. The Balaban J connectivity index is 1.68. The third kappa shape index (κ3) is 3.45. The number of aromatic nitrogens is 2. The molecule has 0 spiro atoms. The van der Waals surface area contributed by atoms with Gasteiger partial charge in [-0.1, -0.05) is 24.3 Å². The van der Waals surface area contributed by atoms with Crippen molar-refractivity contribution in [3.63, 3.8) is 0 Å². The molecule has 3 aromatic rings. The maximum absolute atomic E-state index is 11.9. The maximum atomic E-state index is 11.9. The molecular weight excluding hydrogens is 290 g/mol. The highest BCUT2D eigenvalue weighted by Gasteiger charge is 2.06. The van der Waals surface area contributed by atoms with Gasteiger partial charge in [0, 0.05) is 23.2 Å². The Kier molecular flexibility index (Phi) is 4.19. The van der Waals surface area contributed by atoms with Crippen LogP contribution in [0.5, 0.6) is 0 Å².